The number of rotatable bonds is 6. The van der Waals surface area contributed by atoms with Gasteiger partial charge in [-0.05, 0) is 146 Å². The fraction of sp³-hybridized carbons (Fsp3) is 0.0145. The van der Waals surface area contributed by atoms with E-state index in [0.717, 1.165) is 99.7 Å². The lowest BCUT2D eigenvalue weighted by Gasteiger charge is -2.34. The minimum absolute atomic E-state index is 0.765. The molecule has 0 fully saturated rings. The van der Waals surface area contributed by atoms with Crippen LogP contribution in [0.15, 0.2) is 264 Å². The van der Waals surface area contributed by atoms with E-state index in [9.17, 15) is 0 Å². The Hall–Kier alpha value is -9.64. The molecule has 2 aliphatic rings. The van der Waals surface area contributed by atoms with Crippen molar-refractivity contribution in [1.82, 2.24) is 0 Å². The van der Waals surface area contributed by atoms with Gasteiger partial charge in [-0.15, -0.1) is 0 Å². The molecule has 4 heteroatoms. The molecule has 0 aliphatic heterocycles. The molecule has 4 nitrogen and oxygen atoms in total. The zero-order chi connectivity index (χ0) is 47.8. The maximum absolute atomic E-state index is 7.47. The van der Waals surface area contributed by atoms with Crippen molar-refractivity contribution < 1.29 is 8.83 Å². The van der Waals surface area contributed by atoms with Gasteiger partial charge in [-0.3, -0.25) is 0 Å². The summed E-state index contributed by atoms with van der Waals surface area (Å²) in [7, 11) is 0. The van der Waals surface area contributed by atoms with Crippen LogP contribution in [-0.4, -0.2) is 0 Å². The Morgan fingerprint density at radius 1 is 0.288 bits per heavy atom. The molecule has 0 amide bonds. The van der Waals surface area contributed by atoms with Crippen molar-refractivity contribution in [3.05, 3.63) is 277 Å². The summed E-state index contributed by atoms with van der Waals surface area (Å²) in [6.07, 6.45) is 0. The van der Waals surface area contributed by atoms with Crippen LogP contribution in [0.4, 0.5) is 34.1 Å². The first kappa shape index (κ1) is 40.1. The summed E-state index contributed by atoms with van der Waals surface area (Å²) >= 11 is 0. The highest BCUT2D eigenvalue weighted by Crippen LogP contribution is 2.68. The first-order chi connectivity index (χ1) is 36.3. The number of furan rings is 2. The molecule has 1 spiro atoms. The predicted molar refractivity (Wildman–Crippen MR) is 302 cm³/mol. The van der Waals surface area contributed by atoms with Crippen LogP contribution in [0.3, 0.4) is 0 Å². The van der Waals surface area contributed by atoms with Gasteiger partial charge in [0.25, 0.3) is 0 Å². The molecule has 0 saturated heterocycles. The molecular formula is C69H42N2O2. The monoisotopic (exact) mass is 930 g/mol. The normalized spacial score (nSPS) is 13.0. The number of fused-ring (bicyclic) bond motifs is 23. The second-order valence-electron chi connectivity index (χ2n) is 19.4. The molecule has 73 heavy (non-hydrogen) atoms. The van der Waals surface area contributed by atoms with Crippen molar-refractivity contribution in [2.75, 3.05) is 9.80 Å². The lowest BCUT2D eigenvalue weighted by Crippen LogP contribution is -2.26. The topological polar surface area (TPSA) is 32.8 Å². The first-order valence-corrected chi connectivity index (χ1v) is 25.1. The van der Waals surface area contributed by atoms with E-state index in [0.29, 0.717) is 0 Å². The van der Waals surface area contributed by atoms with Crippen LogP contribution < -0.4 is 9.80 Å². The van der Waals surface area contributed by atoms with Crippen molar-refractivity contribution in [2.45, 2.75) is 5.41 Å². The fourth-order valence-corrected chi connectivity index (χ4v) is 13.0. The molecule has 0 N–H and O–H groups in total. The average molecular weight is 931 g/mol. The Labute approximate surface area is 420 Å². The summed E-state index contributed by atoms with van der Waals surface area (Å²) in [5, 5.41) is 8.96. The number of anilines is 6. The van der Waals surface area contributed by atoms with Gasteiger partial charge in [0.15, 0.2) is 0 Å². The van der Waals surface area contributed by atoms with Gasteiger partial charge in [-0.25, -0.2) is 0 Å². The third kappa shape index (κ3) is 5.44. The van der Waals surface area contributed by atoms with Gasteiger partial charge in [-0.2, -0.15) is 0 Å². The Morgan fingerprint density at radius 2 is 0.781 bits per heavy atom. The third-order valence-electron chi connectivity index (χ3n) is 15.8. The Balaban J connectivity index is 1.14. The maximum Gasteiger partial charge on any atom is 0.144 e. The van der Waals surface area contributed by atoms with E-state index in [1.54, 1.807) is 0 Å². The summed E-state index contributed by atoms with van der Waals surface area (Å²) in [4.78, 5) is 4.82. The summed E-state index contributed by atoms with van der Waals surface area (Å²) in [5.41, 5.74) is 18.9. The molecule has 16 rings (SSSR count). The Bertz CT molecular complexity index is 4430. The van der Waals surface area contributed by atoms with Crippen LogP contribution in [-0.2, 0) is 5.41 Å². The van der Waals surface area contributed by atoms with Crippen molar-refractivity contribution in [2.24, 2.45) is 0 Å². The second kappa shape index (κ2) is 15.2. The van der Waals surface area contributed by atoms with Crippen LogP contribution >= 0.6 is 0 Å². The van der Waals surface area contributed by atoms with Gasteiger partial charge in [0.2, 0.25) is 0 Å². The molecule has 0 saturated carbocycles. The third-order valence-corrected chi connectivity index (χ3v) is 15.8. The molecule has 2 aliphatic carbocycles. The van der Waals surface area contributed by atoms with Crippen molar-refractivity contribution >= 4 is 99.5 Å². The number of nitrogens with zero attached hydrogens (tertiary/aromatic N) is 2. The highest BCUT2D eigenvalue weighted by molar-refractivity contribution is 6.32. The van der Waals surface area contributed by atoms with Crippen LogP contribution in [0.25, 0.3) is 87.7 Å². The number of benzene rings is 12. The Kier molecular flexibility index (Phi) is 8.35. The lowest BCUT2D eigenvalue weighted by atomic mass is 9.69. The molecule has 14 aromatic rings. The molecular weight excluding hydrogens is 889 g/mol. The summed E-state index contributed by atoms with van der Waals surface area (Å²) in [6, 6.07) is 92.6. The minimum atomic E-state index is -0.765. The summed E-state index contributed by atoms with van der Waals surface area (Å²) < 4.78 is 14.3. The van der Waals surface area contributed by atoms with E-state index in [2.05, 4.69) is 265 Å². The van der Waals surface area contributed by atoms with Crippen molar-refractivity contribution in [1.29, 1.82) is 0 Å². The van der Waals surface area contributed by atoms with E-state index < -0.39 is 5.41 Å². The summed E-state index contributed by atoms with van der Waals surface area (Å²) in [6.45, 7) is 0. The zero-order valence-electron chi connectivity index (χ0n) is 39.5. The van der Waals surface area contributed by atoms with E-state index in [1.165, 1.54) is 44.3 Å². The summed E-state index contributed by atoms with van der Waals surface area (Å²) in [5.74, 6) is 0. The van der Waals surface area contributed by atoms with Gasteiger partial charge >= 0.3 is 0 Å². The number of hydrogen-bond donors (Lipinski definition) is 0. The van der Waals surface area contributed by atoms with Gasteiger partial charge < -0.3 is 18.6 Å². The van der Waals surface area contributed by atoms with Gasteiger partial charge in [0, 0.05) is 60.9 Å². The highest BCUT2D eigenvalue weighted by atomic mass is 16.3. The van der Waals surface area contributed by atoms with Crippen molar-refractivity contribution in [3.63, 3.8) is 0 Å². The Morgan fingerprint density at radius 3 is 1.38 bits per heavy atom. The number of hydrogen-bond acceptors (Lipinski definition) is 4. The fourth-order valence-electron chi connectivity index (χ4n) is 13.0. The maximum atomic E-state index is 7.47. The smallest absolute Gasteiger partial charge is 0.144 e. The van der Waals surface area contributed by atoms with Crippen LogP contribution in [0.5, 0.6) is 0 Å². The molecule has 0 atom stereocenters. The van der Waals surface area contributed by atoms with Crippen LogP contribution in [0, 0.1) is 0 Å². The largest absolute Gasteiger partial charge is 0.456 e. The van der Waals surface area contributed by atoms with E-state index in [-0.39, 0.29) is 0 Å². The molecule has 2 heterocycles. The van der Waals surface area contributed by atoms with Gasteiger partial charge in [0.1, 0.15) is 22.3 Å². The van der Waals surface area contributed by atoms with Gasteiger partial charge in [0.05, 0.1) is 11.1 Å². The molecule has 0 unspecified atom stereocenters. The van der Waals surface area contributed by atoms with E-state index in [1.807, 2.05) is 0 Å². The van der Waals surface area contributed by atoms with Crippen LogP contribution in [0.1, 0.15) is 22.3 Å². The lowest BCUT2D eigenvalue weighted by molar-refractivity contribution is 0.669. The molecule has 340 valence electrons. The molecule has 2 aromatic heterocycles. The first-order valence-electron chi connectivity index (χ1n) is 25.1. The van der Waals surface area contributed by atoms with E-state index >= 15 is 0 Å². The van der Waals surface area contributed by atoms with Gasteiger partial charge in [-0.1, -0.05) is 164 Å². The van der Waals surface area contributed by atoms with E-state index in [4.69, 9.17) is 8.83 Å². The SMILES string of the molecule is c1ccc(N(c2ccccc2)c2ccc3c4c(c5oc6ccccc6c5c3c2)-c2c(cc(N(c3ccccc3)c3ccccc3)c3c2ccc2oc5ccccc5c23)C42c3ccccc3-c3ccccc32)cc1. The minimum Gasteiger partial charge on any atom is -0.456 e. The number of para-hydroxylation sites is 6. The predicted octanol–water partition coefficient (Wildman–Crippen LogP) is 19.1. The molecule has 0 radical (unpaired) electrons. The average Bonchev–Trinajstić information content (AvgIpc) is 4.25. The second-order valence-corrected chi connectivity index (χ2v) is 19.4. The molecule has 0 bridgehead atoms. The van der Waals surface area contributed by atoms with Crippen molar-refractivity contribution in [3.8, 4) is 22.3 Å². The van der Waals surface area contributed by atoms with Crippen LogP contribution in [0.2, 0.25) is 0 Å². The quantitative estimate of drug-likeness (QED) is 0.166. The highest BCUT2D eigenvalue weighted by Gasteiger charge is 2.54. The zero-order valence-corrected chi connectivity index (χ0v) is 39.5. The molecule has 12 aromatic carbocycles. The standard InChI is InChI=1S/C69H42N2O2/c1-5-21-43(22-6-1)70(44-23-7-2-8-24-44)47-37-38-50-54(41-47)62-51-31-15-20-36-60(51)73-68(62)66-63-53-39-40-61-65(52-32-16-19-35-59(52)72-61)64(53)58(71(45-25-9-3-10-26-45)46-27-11-4-12-28-46)42-57(63)69(67(50)66)55-33-17-13-29-48(55)49-30-14-18-34-56(49)69/h1-42H.